The highest BCUT2D eigenvalue weighted by Crippen LogP contribution is 1.86. The van der Waals surface area contributed by atoms with Crippen molar-refractivity contribution in [2.45, 2.75) is 0 Å². The summed E-state index contributed by atoms with van der Waals surface area (Å²) in [6, 6.07) is 0. The summed E-state index contributed by atoms with van der Waals surface area (Å²) in [6.45, 7) is -0.393. The lowest BCUT2D eigenvalue weighted by molar-refractivity contribution is 0.310. The third kappa shape index (κ3) is 5.71. The van der Waals surface area contributed by atoms with Crippen molar-refractivity contribution in [3.05, 3.63) is 0 Å². The summed E-state index contributed by atoms with van der Waals surface area (Å²) in [5.74, 6) is -0.330. The smallest absolute Gasteiger partial charge is 0.269 e. The summed E-state index contributed by atoms with van der Waals surface area (Å²) in [4.78, 5) is 0. The van der Waals surface area contributed by atoms with Crippen LogP contribution in [0.25, 0.3) is 0 Å². The summed E-state index contributed by atoms with van der Waals surface area (Å²) in [6.07, 6.45) is 0. The molecule has 6 heteroatoms. The van der Waals surface area contributed by atoms with E-state index in [-0.39, 0.29) is 11.9 Å². The standard InChI is InChI=1S/C3H8O4S.H3N/c1-7-8(5,6)3-2-4;/h4H,2-3H2,1H3;1H3/p+1. The monoisotopic (exact) mass is 158 g/mol. The Balaban J connectivity index is 0. The fourth-order valence-electron chi connectivity index (χ4n) is 0.195. The first-order chi connectivity index (χ1) is 3.62. The molecule has 0 atom stereocenters. The van der Waals surface area contributed by atoms with Gasteiger partial charge in [-0.05, 0) is 0 Å². The first kappa shape index (κ1) is 11.6. The van der Waals surface area contributed by atoms with Gasteiger partial charge in [0, 0.05) is 0 Å². The van der Waals surface area contributed by atoms with Gasteiger partial charge in [0.05, 0.1) is 19.5 Å². The molecule has 0 radical (unpaired) electrons. The van der Waals surface area contributed by atoms with Gasteiger partial charge in [0.2, 0.25) is 0 Å². The molecule has 0 saturated heterocycles. The van der Waals surface area contributed by atoms with Crippen molar-refractivity contribution >= 4 is 10.1 Å². The second-order valence-corrected chi connectivity index (χ2v) is 3.01. The molecule has 0 bridgehead atoms. The lowest BCUT2D eigenvalue weighted by Crippen LogP contribution is -2.10. The summed E-state index contributed by atoms with van der Waals surface area (Å²) in [5.41, 5.74) is 0. The van der Waals surface area contributed by atoms with Gasteiger partial charge in [-0.2, -0.15) is 8.42 Å². The van der Waals surface area contributed by atoms with Crippen LogP contribution in [0.1, 0.15) is 0 Å². The van der Waals surface area contributed by atoms with E-state index in [1.807, 2.05) is 0 Å². The van der Waals surface area contributed by atoms with Crippen LogP contribution in [0.5, 0.6) is 0 Å². The van der Waals surface area contributed by atoms with Crippen molar-refractivity contribution in [3.8, 4) is 0 Å². The van der Waals surface area contributed by atoms with Crippen molar-refractivity contribution in [1.82, 2.24) is 6.15 Å². The van der Waals surface area contributed by atoms with Crippen LogP contribution in [0.2, 0.25) is 0 Å². The molecule has 0 rings (SSSR count). The van der Waals surface area contributed by atoms with E-state index in [1.54, 1.807) is 0 Å². The van der Waals surface area contributed by atoms with Gasteiger partial charge in [-0.1, -0.05) is 0 Å². The third-order valence-corrected chi connectivity index (χ3v) is 1.79. The minimum Gasteiger partial charge on any atom is -0.395 e. The zero-order chi connectivity index (χ0) is 6.62. The minimum atomic E-state index is -3.42. The van der Waals surface area contributed by atoms with E-state index in [9.17, 15) is 8.42 Å². The number of aliphatic hydroxyl groups is 1. The molecule has 0 aliphatic heterocycles. The fraction of sp³-hybridized carbons (Fsp3) is 1.00. The summed E-state index contributed by atoms with van der Waals surface area (Å²) < 4.78 is 24.4. The predicted molar refractivity (Wildman–Crippen MR) is 33.9 cm³/mol. The molecule has 0 heterocycles. The van der Waals surface area contributed by atoms with Crippen LogP contribution in [0.15, 0.2) is 0 Å². The van der Waals surface area contributed by atoms with Crippen molar-refractivity contribution in [2.24, 2.45) is 0 Å². The number of hydrogen-bond acceptors (Lipinski definition) is 4. The number of quaternary nitrogens is 1. The Kier molecular flexibility index (Phi) is 6.04. The van der Waals surface area contributed by atoms with Gasteiger partial charge in [-0.15, -0.1) is 0 Å². The van der Waals surface area contributed by atoms with Crippen LogP contribution in [0.4, 0.5) is 0 Å². The van der Waals surface area contributed by atoms with Crippen LogP contribution in [0.3, 0.4) is 0 Å². The van der Waals surface area contributed by atoms with Gasteiger partial charge in [-0.3, -0.25) is 4.18 Å². The molecular weight excluding hydrogens is 146 g/mol. The lowest BCUT2D eigenvalue weighted by Gasteiger charge is -1.94. The third-order valence-electron chi connectivity index (χ3n) is 0.595. The quantitative estimate of drug-likeness (QED) is 0.532. The Morgan fingerprint density at radius 1 is 1.56 bits per heavy atom. The van der Waals surface area contributed by atoms with Crippen molar-refractivity contribution in [3.63, 3.8) is 0 Å². The van der Waals surface area contributed by atoms with Gasteiger partial charge in [0.25, 0.3) is 10.1 Å². The summed E-state index contributed by atoms with van der Waals surface area (Å²) in [7, 11) is -2.36. The van der Waals surface area contributed by atoms with Crippen LogP contribution in [0, 0.1) is 0 Å². The lowest BCUT2D eigenvalue weighted by atomic mass is 10.9. The van der Waals surface area contributed by atoms with Gasteiger partial charge >= 0.3 is 0 Å². The zero-order valence-corrected chi connectivity index (χ0v) is 6.31. The predicted octanol–water partition coefficient (Wildman–Crippen LogP) is -0.669. The molecule has 5 nitrogen and oxygen atoms in total. The first-order valence-electron chi connectivity index (χ1n) is 2.01. The molecule has 0 aromatic carbocycles. The molecule has 9 heavy (non-hydrogen) atoms. The SMILES string of the molecule is COS(=O)(=O)CCO.[NH4+]. The van der Waals surface area contributed by atoms with Crippen LogP contribution in [-0.2, 0) is 14.3 Å². The Hall–Kier alpha value is -0.170. The van der Waals surface area contributed by atoms with Gasteiger partial charge < -0.3 is 11.3 Å². The number of rotatable bonds is 3. The highest BCUT2D eigenvalue weighted by molar-refractivity contribution is 7.86. The molecule has 0 aliphatic carbocycles. The highest BCUT2D eigenvalue weighted by Gasteiger charge is 2.04. The molecule has 58 valence electrons. The molecule has 0 aliphatic rings. The normalized spacial score (nSPS) is 10.4. The maximum atomic E-state index is 10.2. The van der Waals surface area contributed by atoms with E-state index in [4.69, 9.17) is 5.11 Å². The fourth-order valence-corrected chi connectivity index (χ4v) is 0.585. The minimum absolute atomic E-state index is 0. The second-order valence-electron chi connectivity index (χ2n) is 1.15. The number of aliphatic hydroxyl groups excluding tert-OH is 1. The Morgan fingerprint density at radius 3 is 2.11 bits per heavy atom. The summed E-state index contributed by atoms with van der Waals surface area (Å²) >= 11 is 0. The second kappa shape index (κ2) is 4.68. The maximum Gasteiger partial charge on any atom is 0.269 e. The van der Waals surface area contributed by atoms with E-state index in [0.29, 0.717) is 0 Å². The Labute approximate surface area is 54.3 Å². The molecule has 0 saturated carbocycles. The van der Waals surface area contributed by atoms with Gasteiger partial charge in [-0.25, -0.2) is 0 Å². The molecule has 0 aromatic heterocycles. The van der Waals surface area contributed by atoms with Gasteiger partial charge in [0.15, 0.2) is 0 Å². The zero-order valence-electron chi connectivity index (χ0n) is 5.49. The van der Waals surface area contributed by atoms with E-state index in [0.717, 1.165) is 7.11 Å². The number of hydrogen-bond donors (Lipinski definition) is 2. The highest BCUT2D eigenvalue weighted by atomic mass is 32.2. The van der Waals surface area contributed by atoms with E-state index in [2.05, 4.69) is 4.18 Å². The molecule has 0 aromatic rings. The largest absolute Gasteiger partial charge is 0.395 e. The molecular formula is C3H12NO4S+. The topological polar surface area (TPSA) is 100 Å². The first-order valence-corrected chi connectivity index (χ1v) is 3.59. The Bertz CT molecular complexity index is 140. The maximum absolute atomic E-state index is 10.2. The molecule has 0 spiro atoms. The van der Waals surface area contributed by atoms with Crippen molar-refractivity contribution in [1.29, 1.82) is 0 Å². The molecule has 0 amide bonds. The summed E-state index contributed by atoms with van der Waals surface area (Å²) in [5, 5.41) is 8.07. The van der Waals surface area contributed by atoms with Crippen LogP contribution < -0.4 is 6.15 Å². The average Bonchev–Trinajstić information content (AvgIpc) is 1.67. The Morgan fingerprint density at radius 2 is 2.00 bits per heavy atom. The van der Waals surface area contributed by atoms with Crippen molar-refractivity contribution in [2.75, 3.05) is 19.5 Å². The molecule has 0 fully saturated rings. The van der Waals surface area contributed by atoms with E-state index >= 15 is 0 Å². The van der Waals surface area contributed by atoms with Gasteiger partial charge in [0.1, 0.15) is 0 Å². The average molecular weight is 158 g/mol. The van der Waals surface area contributed by atoms with Crippen molar-refractivity contribution < 1.29 is 17.7 Å². The molecule has 0 unspecified atom stereocenters. The van der Waals surface area contributed by atoms with Crippen LogP contribution in [-0.4, -0.2) is 33.0 Å². The molecule has 5 N–H and O–H groups in total. The van der Waals surface area contributed by atoms with E-state index < -0.39 is 16.7 Å². The van der Waals surface area contributed by atoms with Crippen LogP contribution >= 0.6 is 0 Å². The van der Waals surface area contributed by atoms with E-state index in [1.165, 1.54) is 0 Å².